The summed E-state index contributed by atoms with van der Waals surface area (Å²) in [6.07, 6.45) is 1.73. The summed E-state index contributed by atoms with van der Waals surface area (Å²) >= 11 is 1.84. The predicted octanol–water partition coefficient (Wildman–Crippen LogP) is 9.10. The molecule has 0 saturated carbocycles. The Bertz CT molecular complexity index is 2170. The first-order chi connectivity index (χ1) is 20.3. The van der Waals surface area contributed by atoms with Gasteiger partial charge >= 0.3 is 0 Å². The van der Waals surface area contributed by atoms with Crippen LogP contribution in [0.5, 0.6) is 0 Å². The van der Waals surface area contributed by atoms with Gasteiger partial charge in [-0.25, -0.2) is 4.99 Å². The van der Waals surface area contributed by atoms with Crippen LogP contribution in [-0.2, 0) is 0 Å². The molecule has 0 aliphatic carbocycles. The SMILES string of the molecule is c1ccc(C2=NC(n3c4ccccc4c4ccc5c6ccccc6sc5c43)=NC(c3ccccc3)=NCCC2)cc1. The largest absolute Gasteiger partial charge is 0.276 e. The average Bonchev–Trinajstić information content (AvgIpc) is 3.60. The van der Waals surface area contributed by atoms with E-state index in [1.54, 1.807) is 0 Å². The van der Waals surface area contributed by atoms with E-state index in [-0.39, 0.29) is 0 Å². The van der Waals surface area contributed by atoms with Crippen molar-refractivity contribution in [3.05, 3.63) is 132 Å². The van der Waals surface area contributed by atoms with Crippen LogP contribution in [0.15, 0.2) is 136 Å². The van der Waals surface area contributed by atoms with Crippen LogP contribution in [0.3, 0.4) is 0 Å². The normalized spacial score (nSPS) is 14.5. The molecule has 0 saturated heterocycles. The number of hydrogen-bond acceptors (Lipinski definition) is 4. The number of amidine groups is 1. The van der Waals surface area contributed by atoms with Crippen LogP contribution in [0.2, 0.25) is 0 Å². The highest BCUT2D eigenvalue weighted by Crippen LogP contribution is 2.41. The van der Waals surface area contributed by atoms with Gasteiger partial charge in [-0.1, -0.05) is 109 Å². The summed E-state index contributed by atoms with van der Waals surface area (Å²) in [7, 11) is 0. The number of fused-ring (bicyclic) bond motifs is 7. The topological polar surface area (TPSA) is 42.0 Å². The van der Waals surface area contributed by atoms with Crippen molar-refractivity contribution in [2.75, 3.05) is 6.54 Å². The van der Waals surface area contributed by atoms with Crippen molar-refractivity contribution in [2.45, 2.75) is 12.8 Å². The molecule has 0 bridgehead atoms. The van der Waals surface area contributed by atoms with Crippen LogP contribution in [0.25, 0.3) is 42.0 Å². The van der Waals surface area contributed by atoms with E-state index in [1.165, 1.54) is 30.9 Å². The van der Waals surface area contributed by atoms with Crippen molar-refractivity contribution in [1.29, 1.82) is 0 Å². The number of aromatic nitrogens is 1. The smallest absolute Gasteiger partial charge is 0.237 e. The summed E-state index contributed by atoms with van der Waals surface area (Å²) in [6, 6.07) is 42.6. The van der Waals surface area contributed by atoms with E-state index in [0.29, 0.717) is 18.3 Å². The highest BCUT2D eigenvalue weighted by molar-refractivity contribution is 7.26. The standard InChI is InChI=1S/C36H26N4S/c1-3-12-24(13-4-1)30-18-11-23-37-35(25-14-5-2-6-15-25)39-36(38-30)40-31-19-9-7-16-26(31)28-21-22-29-27-17-8-10-20-32(27)41-34(29)33(28)40/h1-10,12-17,19-22H,11,18,23H2. The molecule has 5 aromatic carbocycles. The molecule has 0 fully saturated rings. The van der Waals surface area contributed by atoms with Gasteiger partial charge in [-0.05, 0) is 30.5 Å². The highest BCUT2D eigenvalue weighted by Gasteiger charge is 2.21. The van der Waals surface area contributed by atoms with Crippen molar-refractivity contribution in [2.24, 2.45) is 15.0 Å². The van der Waals surface area contributed by atoms with Crippen molar-refractivity contribution in [1.82, 2.24) is 4.57 Å². The molecule has 4 nitrogen and oxygen atoms in total. The Morgan fingerprint density at radius 2 is 1.27 bits per heavy atom. The zero-order chi connectivity index (χ0) is 27.2. The second kappa shape index (κ2) is 9.95. The van der Waals surface area contributed by atoms with Gasteiger partial charge in [0.2, 0.25) is 5.96 Å². The van der Waals surface area contributed by atoms with Gasteiger partial charge in [0.25, 0.3) is 0 Å². The monoisotopic (exact) mass is 546 g/mol. The Balaban J connectivity index is 1.50. The summed E-state index contributed by atoms with van der Waals surface area (Å²) in [4.78, 5) is 15.7. The number of para-hydroxylation sites is 1. The van der Waals surface area contributed by atoms with Crippen LogP contribution in [0.1, 0.15) is 24.0 Å². The molecule has 1 aliphatic rings. The van der Waals surface area contributed by atoms with Crippen molar-refractivity contribution < 1.29 is 0 Å². The lowest BCUT2D eigenvalue weighted by molar-refractivity contribution is 0.879. The zero-order valence-corrected chi connectivity index (χ0v) is 23.2. The van der Waals surface area contributed by atoms with Gasteiger partial charge in [-0.2, -0.15) is 4.99 Å². The Morgan fingerprint density at radius 3 is 2.10 bits per heavy atom. The molecule has 196 valence electrons. The molecule has 0 unspecified atom stereocenters. The lowest BCUT2D eigenvalue weighted by atomic mass is 10.1. The van der Waals surface area contributed by atoms with Gasteiger partial charge in [0.1, 0.15) is 0 Å². The Kier molecular flexibility index (Phi) is 5.82. The maximum Gasteiger partial charge on any atom is 0.237 e. The van der Waals surface area contributed by atoms with Gasteiger partial charge in [0, 0.05) is 38.4 Å². The fraction of sp³-hybridized carbons (Fsp3) is 0.0833. The molecule has 3 heterocycles. The third-order valence-corrected chi connectivity index (χ3v) is 8.99. The summed E-state index contributed by atoms with van der Waals surface area (Å²) < 4.78 is 4.80. The van der Waals surface area contributed by atoms with Crippen molar-refractivity contribution in [3.8, 4) is 0 Å². The number of thiophene rings is 1. The van der Waals surface area contributed by atoms with Crippen LogP contribution in [0.4, 0.5) is 0 Å². The second-order valence-electron chi connectivity index (χ2n) is 10.3. The van der Waals surface area contributed by atoms with Gasteiger partial charge in [-0.3, -0.25) is 9.56 Å². The first kappa shape index (κ1) is 24.0. The van der Waals surface area contributed by atoms with Crippen LogP contribution in [-0.4, -0.2) is 28.6 Å². The minimum atomic E-state index is 0.643. The van der Waals surface area contributed by atoms with Gasteiger partial charge in [0.05, 0.1) is 21.4 Å². The van der Waals surface area contributed by atoms with Gasteiger partial charge < -0.3 is 0 Å². The Labute approximate surface area is 241 Å². The quantitative estimate of drug-likeness (QED) is 0.208. The molecule has 8 rings (SSSR count). The molecule has 0 spiro atoms. The van der Waals surface area contributed by atoms with E-state index < -0.39 is 0 Å². The molecule has 0 amide bonds. The fourth-order valence-electron chi connectivity index (χ4n) is 5.88. The molecular formula is C36H26N4S. The third-order valence-electron chi connectivity index (χ3n) is 7.79. The van der Waals surface area contributed by atoms with Gasteiger partial charge in [-0.15, -0.1) is 11.3 Å². The number of benzene rings is 5. The third kappa shape index (κ3) is 4.09. The van der Waals surface area contributed by atoms with Crippen LogP contribution in [0, 0.1) is 0 Å². The number of rotatable bonds is 2. The lowest BCUT2D eigenvalue weighted by Crippen LogP contribution is -2.15. The number of hydrogen-bond donors (Lipinski definition) is 0. The Hall–Kier alpha value is -4.87. The fourth-order valence-corrected chi connectivity index (χ4v) is 7.12. The maximum atomic E-state index is 5.40. The summed E-state index contributed by atoms with van der Waals surface area (Å²) in [5.41, 5.74) is 5.39. The van der Waals surface area contributed by atoms with Crippen LogP contribution < -0.4 is 0 Å². The number of aliphatic imine (C=N–C) groups is 3. The van der Waals surface area contributed by atoms with E-state index in [9.17, 15) is 0 Å². The second-order valence-corrected chi connectivity index (χ2v) is 11.4. The predicted molar refractivity (Wildman–Crippen MR) is 175 cm³/mol. The molecule has 0 atom stereocenters. The molecule has 0 N–H and O–H groups in total. The first-order valence-corrected chi connectivity index (χ1v) is 14.8. The maximum absolute atomic E-state index is 5.40. The van der Waals surface area contributed by atoms with Gasteiger partial charge in [0.15, 0.2) is 5.84 Å². The molecule has 1 aliphatic heterocycles. The van der Waals surface area contributed by atoms with E-state index in [0.717, 1.165) is 40.7 Å². The molecule has 5 heteroatoms. The van der Waals surface area contributed by atoms with Crippen molar-refractivity contribution >= 4 is 70.8 Å². The first-order valence-electron chi connectivity index (χ1n) is 14.0. The van der Waals surface area contributed by atoms with E-state index in [4.69, 9.17) is 15.0 Å². The lowest BCUT2D eigenvalue weighted by Gasteiger charge is -2.11. The molecule has 2 aromatic heterocycles. The summed E-state index contributed by atoms with van der Waals surface area (Å²) in [6.45, 7) is 0.695. The minimum Gasteiger partial charge on any atom is -0.276 e. The van der Waals surface area contributed by atoms with Crippen LogP contribution >= 0.6 is 11.3 Å². The zero-order valence-electron chi connectivity index (χ0n) is 22.4. The number of nitrogens with zero attached hydrogens (tertiary/aromatic N) is 4. The molecule has 0 radical (unpaired) electrons. The van der Waals surface area contributed by atoms with Crippen molar-refractivity contribution in [3.63, 3.8) is 0 Å². The average molecular weight is 547 g/mol. The summed E-state index contributed by atoms with van der Waals surface area (Å²) in [5.74, 6) is 1.36. The van der Waals surface area contributed by atoms with E-state index in [1.807, 2.05) is 29.5 Å². The molecule has 41 heavy (non-hydrogen) atoms. The molecule has 7 aromatic rings. The summed E-state index contributed by atoms with van der Waals surface area (Å²) in [5, 5.41) is 4.94. The Morgan fingerprint density at radius 1 is 0.585 bits per heavy atom. The minimum absolute atomic E-state index is 0.643. The highest BCUT2D eigenvalue weighted by atomic mass is 32.1. The van der Waals surface area contributed by atoms with E-state index in [2.05, 4.69) is 108 Å². The molecular weight excluding hydrogens is 520 g/mol. The van der Waals surface area contributed by atoms with E-state index >= 15 is 0 Å².